The third kappa shape index (κ3) is 5.22. The van der Waals surface area contributed by atoms with E-state index in [1.165, 1.54) is 6.20 Å². The molecule has 2 aromatic heterocycles. The Morgan fingerprint density at radius 3 is 2.57 bits per heavy atom. The molecule has 1 aliphatic carbocycles. The Kier molecular flexibility index (Phi) is 7.53. The highest BCUT2D eigenvalue weighted by Crippen LogP contribution is 2.40. The van der Waals surface area contributed by atoms with Crippen LogP contribution in [0, 0.1) is 35.0 Å². The van der Waals surface area contributed by atoms with Crippen LogP contribution in [0.1, 0.15) is 74.0 Å². The molecule has 1 aliphatic rings. The van der Waals surface area contributed by atoms with E-state index in [9.17, 15) is 15.3 Å². The number of carbonyl (C=O) groups excluding carboxylic acids is 1. The van der Waals surface area contributed by atoms with Gasteiger partial charge in [-0.05, 0) is 60.9 Å². The molecule has 0 saturated heterocycles. The van der Waals surface area contributed by atoms with Crippen LogP contribution < -0.4 is 16.4 Å². The summed E-state index contributed by atoms with van der Waals surface area (Å²) in [6.45, 7) is 8.84. The number of fused-ring (bicyclic) bond motifs is 1. The number of carbonyl (C=O) groups is 1. The van der Waals surface area contributed by atoms with Crippen molar-refractivity contribution in [2.75, 3.05) is 17.2 Å². The maximum Gasteiger partial charge on any atom is 0.245 e. The topological polar surface area (TPSA) is 158 Å². The lowest BCUT2D eigenvalue weighted by Crippen LogP contribution is -2.51. The molecule has 42 heavy (non-hydrogen) atoms. The summed E-state index contributed by atoms with van der Waals surface area (Å²) >= 11 is 6.76. The van der Waals surface area contributed by atoms with Gasteiger partial charge in [0.1, 0.15) is 17.3 Å². The average Bonchev–Trinajstić information content (AvgIpc) is 3.39. The zero-order chi connectivity index (χ0) is 30.2. The molecule has 1 saturated carbocycles. The number of aromatic nitrogens is 4. The number of benzene rings is 2. The molecule has 4 N–H and O–H groups in total. The number of halogens is 1. The highest BCUT2D eigenvalue weighted by molar-refractivity contribution is 6.35. The van der Waals surface area contributed by atoms with Crippen LogP contribution in [0.4, 0.5) is 11.4 Å². The van der Waals surface area contributed by atoms with Gasteiger partial charge in [0.2, 0.25) is 5.91 Å². The number of nitrogens with one attached hydrogen (secondary N) is 2. The van der Waals surface area contributed by atoms with Crippen LogP contribution in [-0.2, 0) is 10.3 Å². The van der Waals surface area contributed by atoms with Crippen molar-refractivity contribution in [3.63, 3.8) is 0 Å². The first-order chi connectivity index (χ1) is 20.0. The number of pyridine rings is 1. The first-order valence-corrected chi connectivity index (χ1v) is 14.1. The van der Waals surface area contributed by atoms with Gasteiger partial charge in [0.05, 0.1) is 45.7 Å². The summed E-state index contributed by atoms with van der Waals surface area (Å²) in [5.74, 6) is -0.435. The van der Waals surface area contributed by atoms with E-state index in [4.69, 9.17) is 17.3 Å². The summed E-state index contributed by atoms with van der Waals surface area (Å²) in [6, 6.07) is 13.1. The number of nitriles is 2. The number of nitrogens with zero attached hydrogens (tertiary/aromatic N) is 6. The van der Waals surface area contributed by atoms with E-state index in [2.05, 4.69) is 58.8 Å². The molecule has 2 aromatic carbocycles. The average molecular weight is 582 g/mol. The Balaban J connectivity index is 1.64. The summed E-state index contributed by atoms with van der Waals surface area (Å²) in [6.07, 6.45) is 5.35. The minimum atomic E-state index is -0.890. The van der Waals surface area contributed by atoms with Gasteiger partial charge in [-0.15, -0.1) is 5.10 Å². The van der Waals surface area contributed by atoms with E-state index in [0.717, 1.165) is 17.5 Å². The van der Waals surface area contributed by atoms with Gasteiger partial charge in [-0.3, -0.25) is 9.78 Å². The Hall–Kier alpha value is -4.67. The zero-order valence-electron chi connectivity index (χ0n) is 24.0. The van der Waals surface area contributed by atoms with Gasteiger partial charge in [-0.25, -0.2) is 4.68 Å². The van der Waals surface area contributed by atoms with E-state index in [1.54, 1.807) is 23.0 Å². The van der Waals surface area contributed by atoms with E-state index in [1.807, 2.05) is 25.1 Å². The van der Waals surface area contributed by atoms with E-state index >= 15 is 0 Å². The van der Waals surface area contributed by atoms with E-state index in [-0.39, 0.29) is 5.41 Å². The minimum Gasteiger partial charge on any atom is -0.383 e. The molecular formula is C31H32ClN9O. The highest BCUT2D eigenvalue weighted by atomic mass is 35.5. The largest absolute Gasteiger partial charge is 0.383 e. The van der Waals surface area contributed by atoms with Crippen molar-refractivity contribution >= 4 is 39.8 Å². The highest BCUT2D eigenvalue weighted by Gasteiger charge is 2.46. The van der Waals surface area contributed by atoms with Gasteiger partial charge in [-0.1, -0.05) is 49.7 Å². The number of nitrogens with two attached hydrogens (primary N) is 1. The summed E-state index contributed by atoms with van der Waals surface area (Å²) in [7, 11) is 0. The number of rotatable bonds is 8. The van der Waals surface area contributed by atoms with Crippen molar-refractivity contribution in [3.8, 4) is 12.1 Å². The van der Waals surface area contributed by atoms with E-state index < -0.39 is 17.5 Å². The second-order valence-electron chi connectivity index (χ2n) is 12.0. The molecule has 11 heteroatoms. The lowest BCUT2D eigenvalue weighted by atomic mass is 9.76. The molecule has 214 valence electrons. The van der Waals surface area contributed by atoms with E-state index in [0.29, 0.717) is 63.5 Å². The van der Waals surface area contributed by atoms with Crippen molar-refractivity contribution in [1.29, 1.82) is 10.5 Å². The summed E-state index contributed by atoms with van der Waals surface area (Å²) in [5.41, 5.74) is 9.81. The fourth-order valence-electron chi connectivity index (χ4n) is 5.25. The molecule has 10 nitrogen and oxygen atoms in total. The Morgan fingerprint density at radius 1 is 1.21 bits per heavy atom. The second kappa shape index (κ2) is 11.0. The number of hydrogen-bond donors (Lipinski definition) is 3. The second-order valence-corrected chi connectivity index (χ2v) is 12.4. The molecule has 0 unspecified atom stereocenters. The van der Waals surface area contributed by atoms with Gasteiger partial charge in [0, 0.05) is 23.8 Å². The van der Waals surface area contributed by atoms with Crippen molar-refractivity contribution in [3.05, 3.63) is 75.7 Å². The standard InChI is InChI=1S/C31H32ClN9O/c1-18-19(13-33)7-5-8-22(18)28(25-16-41(40-39-25)31(29(35)42)9-6-10-31)38-21-11-23-26(37-17-30(2,3)4)20(14-34)15-36-27(23)24(32)12-21/h5,7-8,11-12,15-16,28,38H,6,9-10,17H2,1-4H3,(H2,35,42)(H,36,37)/t28-/m0/s1. The van der Waals surface area contributed by atoms with Crippen LogP contribution in [0.2, 0.25) is 5.02 Å². The molecule has 4 aromatic rings. The van der Waals surface area contributed by atoms with Crippen LogP contribution in [0.3, 0.4) is 0 Å². The van der Waals surface area contributed by atoms with Crippen LogP contribution in [0.25, 0.3) is 10.9 Å². The smallest absolute Gasteiger partial charge is 0.245 e. The Labute approximate surface area is 249 Å². The third-order valence-corrected chi connectivity index (χ3v) is 8.13. The summed E-state index contributed by atoms with van der Waals surface area (Å²) in [4.78, 5) is 16.8. The molecule has 1 atom stereocenters. The fourth-order valence-corrected chi connectivity index (χ4v) is 5.52. The predicted molar refractivity (Wildman–Crippen MR) is 162 cm³/mol. The Bertz CT molecular complexity index is 1770. The molecule has 0 aliphatic heterocycles. The molecule has 0 spiro atoms. The van der Waals surface area contributed by atoms with Gasteiger partial charge in [0.15, 0.2) is 0 Å². The van der Waals surface area contributed by atoms with Crippen LogP contribution in [-0.4, -0.2) is 32.4 Å². The van der Waals surface area contributed by atoms with Gasteiger partial charge < -0.3 is 16.4 Å². The zero-order valence-corrected chi connectivity index (χ0v) is 24.8. The molecular weight excluding hydrogens is 550 g/mol. The number of hydrogen-bond acceptors (Lipinski definition) is 8. The number of amides is 1. The van der Waals surface area contributed by atoms with Crippen LogP contribution >= 0.6 is 11.6 Å². The lowest BCUT2D eigenvalue weighted by Gasteiger charge is -2.38. The molecule has 0 bridgehead atoms. The van der Waals surface area contributed by atoms with Crippen molar-refractivity contribution < 1.29 is 4.79 Å². The van der Waals surface area contributed by atoms with Crippen molar-refractivity contribution in [2.24, 2.45) is 11.1 Å². The van der Waals surface area contributed by atoms with Gasteiger partial charge in [-0.2, -0.15) is 10.5 Å². The maximum absolute atomic E-state index is 12.4. The van der Waals surface area contributed by atoms with Crippen molar-refractivity contribution in [2.45, 2.75) is 58.5 Å². The quantitative estimate of drug-likeness (QED) is 0.244. The molecule has 1 fully saturated rings. The maximum atomic E-state index is 12.4. The first kappa shape index (κ1) is 28.8. The third-order valence-electron chi connectivity index (χ3n) is 7.84. The molecule has 5 rings (SSSR count). The SMILES string of the molecule is Cc1c(C#N)cccc1[C@H](Nc1cc(Cl)c2ncc(C#N)c(NCC(C)(C)C)c2c1)c1cn(C2(C(N)=O)CCC2)nn1. The van der Waals surface area contributed by atoms with Crippen molar-refractivity contribution in [1.82, 2.24) is 20.0 Å². The monoisotopic (exact) mass is 581 g/mol. The predicted octanol–water partition coefficient (Wildman–Crippen LogP) is 5.56. The first-order valence-electron chi connectivity index (χ1n) is 13.7. The number of primary amides is 1. The van der Waals surface area contributed by atoms with Gasteiger partial charge >= 0.3 is 0 Å². The summed E-state index contributed by atoms with van der Waals surface area (Å²) in [5, 5.41) is 36.4. The Morgan fingerprint density at radius 2 is 1.95 bits per heavy atom. The normalized spacial score (nSPS) is 14.8. The molecule has 2 heterocycles. The van der Waals surface area contributed by atoms with Crippen LogP contribution in [0.5, 0.6) is 0 Å². The summed E-state index contributed by atoms with van der Waals surface area (Å²) < 4.78 is 1.57. The molecule has 1 amide bonds. The number of anilines is 2. The van der Waals surface area contributed by atoms with Crippen LogP contribution in [0.15, 0.2) is 42.7 Å². The lowest BCUT2D eigenvalue weighted by molar-refractivity contribution is -0.131. The van der Waals surface area contributed by atoms with Gasteiger partial charge in [0.25, 0.3) is 0 Å². The molecule has 0 radical (unpaired) electrons. The minimum absolute atomic E-state index is 0.0368. The fraction of sp³-hybridized carbons (Fsp3) is 0.355.